The van der Waals surface area contributed by atoms with Crippen LogP contribution in [0.4, 0.5) is 0 Å². The summed E-state index contributed by atoms with van der Waals surface area (Å²) in [4.78, 5) is 0. The van der Waals surface area contributed by atoms with E-state index in [0.717, 1.165) is 17.9 Å². The van der Waals surface area contributed by atoms with Crippen molar-refractivity contribution in [3.05, 3.63) is 60.3 Å². The summed E-state index contributed by atoms with van der Waals surface area (Å²) in [5.74, 6) is 0.898. The van der Waals surface area contributed by atoms with Gasteiger partial charge in [-0.15, -0.1) is 0 Å². The van der Waals surface area contributed by atoms with Crippen molar-refractivity contribution in [2.75, 3.05) is 0 Å². The molecule has 1 radical (unpaired) electrons. The quantitative estimate of drug-likeness (QED) is 0.736. The van der Waals surface area contributed by atoms with E-state index >= 15 is 0 Å². The molecule has 0 N–H and O–H groups in total. The van der Waals surface area contributed by atoms with Crippen molar-refractivity contribution in [3.63, 3.8) is 0 Å². The van der Waals surface area contributed by atoms with Crippen LogP contribution in [0.2, 0.25) is 0 Å². The molecule has 0 saturated carbocycles. The third kappa shape index (κ3) is 2.02. The molecule has 2 rings (SSSR count). The molecule has 2 aromatic rings. The zero-order valence-corrected chi connectivity index (χ0v) is 7.94. The largest absolute Gasteiger partial charge is 0.361 e. The van der Waals surface area contributed by atoms with Gasteiger partial charge in [0.25, 0.3) is 0 Å². The minimum atomic E-state index is 0.679. The molecule has 14 heavy (non-hydrogen) atoms. The van der Waals surface area contributed by atoms with E-state index in [1.807, 2.05) is 24.3 Å². The van der Waals surface area contributed by atoms with Crippen molar-refractivity contribution in [1.82, 2.24) is 5.16 Å². The van der Waals surface area contributed by atoms with Gasteiger partial charge in [0.15, 0.2) is 0 Å². The molecule has 0 saturated heterocycles. The van der Waals surface area contributed by atoms with Gasteiger partial charge in [-0.1, -0.05) is 35.5 Å². The summed E-state index contributed by atoms with van der Waals surface area (Å²) >= 11 is 0. The minimum Gasteiger partial charge on any atom is -0.361 e. The van der Waals surface area contributed by atoms with Crippen LogP contribution in [-0.4, -0.2) is 5.16 Å². The van der Waals surface area contributed by atoms with E-state index in [1.165, 1.54) is 5.56 Å². The van der Waals surface area contributed by atoms with Gasteiger partial charge < -0.3 is 4.52 Å². The standard InChI is InChI=1S/C12H12NO/c1-2-11-9-12(14-13-11)8-10-6-4-3-5-7-10/h3-7,9H,1-2,8H2. The van der Waals surface area contributed by atoms with E-state index in [9.17, 15) is 0 Å². The fourth-order valence-corrected chi connectivity index (χ4v) is 1.35. The molecule has 0 fully saturated rings. The minimum absolute atomic E-state index is 0.679. The lowest BCUT2D eigenvalue weighted by Crippen LogP contribution is -1.83. The predicted octanol–water partition coefficient (Wildman–Crippen LogP) is 2.64. The van der Waals surface area contributed by atoms with Gasteiger partial charge in [0, 0.05) is 12.5 Å². The van der Waals surface area contributed by atoms with Gasteiger partial charge in [-0.05, 0) is 18.9 Å². The second-order valence-electron chi connectivity index (χ2n) is 3.20. The molecule has 0 spiro atoms. The fraction of sp³-hybridized carbons (Fsp3) is 0.167. The Kier molecular flexibility index (Phi) is 2.63. The molecule has 1 aromatic heterocycles. The smallest absolute Gasteiger partial charge is 0.141 e. The normalized spacial score (nSPS) is 10.4. The van der Waals surface area contributed by atoms with Crippen LogP contribution in [0.15, 0.2) is 40.9 Å². The Morgan fingerprint density at radius 1 is 1.21 bits per heavy atom. The Hall–Kier alpha value is -1.57. The van der Waals surface area contributed by atoms with E-state index < -0.39 is 0 Å². The predicted molar refractivity (Wildman–Crippen MR) is 54.8 cm³/mol. The number of hydrogen-bond acceptors (Lipinski definition) is 2. The molecular formula is C12H12NO. The molecule has 2 nitrogen and oxygen atoms in total. The summed E-state index contributed by atoms with van der Waals surface area (Å²) in [5.41, 5.74) is 2.15. The van der Waals surface area contributed by atoms with Crippen LogP contribution in [0.5, 0.6) is 0 Å². The highest BCUT2D eigenvalue weighted by molar-refractivity contribution is 5.21. The van der Waals surface area contributed by atoms with Crippen molar-refractivity contribution in [3.8, 4) is 0 Å². The maximum atomic E-state index is 5.17. The maximum absolute atomic E-state index is 5.17. The van der Waals surface area contributed by atoms with Gasteiger partial charge in [-0.25, -0.2) is 0 Å². The Bertz CT molecular complexity index is 392. The molecular weight excluding hydrogens is 174 g/mol. The molecule has 0 aliphatic heterocycles. The molecule has 0 bridgehead atoms. The van der Waals surface area contributed by atoms with Gasteiger partial charge in [0.2, 0.25) is 0 Å². The lowest BCUT2D eigenvalue weighted by Gasteiger charge is -1.94. The molecule has 0 aliphatic rings. The third-order valence-electron chi connectivity index (χ3n) is 2.09. The molecule has 1 aromatic carbocycles. The maximum Gasteiger partial charge on any atom is 0.141 e. The number of nitrogens with zero attached hydrogens (tertiary/aromatic N) is 1. The first kappa shape index (κ1) is 9.00. The lowest BCUT2D eigenvalue weighted by atomic mass is 10.1. The van der Waals surface area contributed by atoms with Crippen LogP contribution < -0.4 is 0 Å². The van der Waals surface area contributed by atoms with Crippen LogP contribution in [-0.2, 0) is 12.8 Å². The van der Waals surface area contributed by atoms with Crippen molar-refractivity contribution in [1.29, 1.82) is 0 Å². The molecule has 0 amide bonds. The molecule has 0 unspecified atom stereocenters. The summed E-state index contributed by atoms with van der Waals surface area (Å²) in [6, 6.07) is 12.2. The summed E-state index contributed by atoms with van der Waals surface area (Å²) in [6.07, 6.45) is 1.48. The van der Waals surface area contributed by atoms with Crippen molar-refractivity contribution >= 4 is 0 Å². The van der Waals surface area contributed by atoms with Crippen LogP contribution in [0.1, 0.15) is 17.0 Å². The van der Waals surface area contributed by atoms with Crippen LogP contribution in [0.25, 0.3) is 0 Å². The Morgan fingerprint density at radius 2 is 2.00 bits per heavy atom. The van der Waals surface area contributed by atoms with E-state index in [1.54, 1.807) is 0 Å². The van der Waals surface area contributed by atoms with E-state index in [2.05, 4.69) is 24.2 Å². The van der Waals surface area contributed by atoms with E-state index in [-0.39, 0.29) is 0 Å². The van der Waals surface area contributed by atoms with Crippen LogP contribution in [0.3, 0.4) is 0 Å². The van der Waals surface area contributed by atoms with E-state index in [4.69, 9.17) is 4.52 Å². The first-order valence-electron chi connectivity index (χ1n) is 4.66. The second-order valence-corrected chi connectivity index (χ2v) is 3.20. The Morgan fingerprint density at radius 3 is 2.64 bits per heavy atom. The monoisotopic (exact) mass is 186 g/mol. The van der Waals surface area contributed by atoms with Crippen molar-refractivity contribution in [2.45, 2.75) is 12.8 Å². The fourth-order valence-electron chi connectivity index (χ4n) is 1.35. The highest BCUT2D eigenvalue weighted by Gasteiger charge is 2.02. The topological polar surface area (TPSA) is 26.0 Å². The summed E-state index contributed by atoms with van der Waals surface area (Å²) in [7, 11) is 0. The number of rotatable bonds is 3. The molecule has 0 atom stereocenters. The van der Waals surface area contributed by atoms with Gasteiger partial charge in [-0.3, -0.25) is 0 Å². The number of hydrogen-bond donors (Lipinski definition) is 0. The van der Waals surface area contributed by atoms with Crippen LogP contribution >= 0.6 is 0 Å². The van der Waals surface area contributed by atoms with Crippen LogP contribution in [0, 0.1) is 6.92 Å². The zero-order chi connectivity index (χ0) is 9.80. The van der Waals surface area contributed by atoms with Gasteiger partial charge >= 0.3 is 0 Å². The Labute approximate surface area is 83.5 Å². The number of benzene rings is 1. The van der Waals surface area contributed by atoms with Gasteiger partial charge in [-0.2, -0.15) is 0 Å². The molecule has 71 valence electrons. The lowest BCUT2D eigenvalue weighted by molar-refractivity contribution is 0.384. The van der Waals surface area contributed by atoms with E-state index in [0.29, 0.717) is 6.42 Å². The first-order valence-corrected chi connectivity index (χ1v) is 4.66. The second kappa shape index (κ2) is 4.09. The first-order chi connectivity index (χ1) is 6.88. The zero-order valence-electron chi connectivity index (χ0n) is 7.94. The summed E-state index contributed by atoms with van der Waals surface area (Å²) in [5, 5.41) is 3.89. The number of aromatic nitrogens is 1. The van der Waals surface area contributed by atoms with Gasteiger partial charge in [0.1, 0.15) is 5.76 Å². The SMILES string of the molecule is [CH2]Cc1cc(Cc2ccccc2)on1. The molecule has 1 heterocycles. The highest BCUT2D eigenvalue weighted by Crippen LogP contribution is 2.10. The van der Waals surface area contributed by atoms with Crippen molar-refractivity contribution in [2.24, 2.45) is 0 Å². The average Bonchev–Trinajstić information content (AvgIpc) is 2.67. The highest BCUT2D eigenvalue weighted by atomic mass is 16.5. The average molecular weight is 186 g/mol. The van der Waals surface area contributed by atoms with Crippen molar-refractivity contribution < 1.29 is 4.52 Å². The van der Waals surface area contributed by atoms with Gasteiger partial charge in [0.05, 0.1) is 5.69 Å². The summed E-state index contributed by atoms with van der Waals surface area (Å²) < 4.78 is 5.17. The Balaban J connectivity index is 2.11. The summed E-state index contributed by atoms with van der Waals surface area (Å²) in [6.45, 7) is 3.75. The molecule has 0 aliphatic carbocycles. The third-order valence-corrected chi connectivity index (χ3v) is 2.09. The molecule has 2 heteroatoms.